The summed E-state index contributed by atoms with van der Waals surface area (Å²) in [7, 11) is 0. The van der Waals surface area contributed by atoms with Crippen molar-refractivity contribution in [1.29, 1.82) is 0 Å². The van der Waals surface area contributed by atoms with Gasteiger partial charge in [0, 0.05) is 0 Å². The zero-order valence-electron chi connectivity index (χ0n) is 17.5. The van der Waals surface area contributed by atoms with Gasteiger partial charge < -0.3 is 14.2 Å². The summed E-state index contributed by atoms with van der Waals surface area (Å²) in [6.45, 7) is 9.85. The van der Waals surface area contributed by atoms with E-state index in [4.69, 9.17) is 24.2 Å². The first-order valence-corrected chi connectivity index (χ1v) is 10.3. The van der Waals surface area contributed by atoms with Crippen molar-refractivity contribution >= 4 is 11.8 Å². The van der Waals surface area contributed by atoms with Gasteiger partial charge in [0.2, 0.25) is 11.8 Å². The summed E-state index contributed by atoms with van der Waals surface area (Å²) in [6.07, 6.45) is 0. The van der Waals surface area contributed by atoms with Gasteiger partial charge >= 0.3 is 0 Å². The molecule has 4 rings (SSSR count). The summed E-state index contributed by atoms with van der Waals surface area (Å²) >= 11 is 0. The number of benzene rings is 2. The van der Waals surface area contributed by atoms with E-state index in [2.05, 4.69) is 27.7 Å². The van der Waals surface area contributed by atoms with E-state index < -0.39 is 0 Å². The molecule has 0 radical (unpaired) electrons. The SMILES string of the molecule is CC(C)[C@H]1COC(c2ccccc2Oc2ccccc2C2=N[C@@H](C(C)C)CO2)=N1. The van der Waals surface area contributed by atoms with E-state index >= 15 is 0 Å². The second-order valence-electron chi connectivity index (χ2n) is 8.21. The van der Waals surface area contributed by atoms with Crippen molar-refractivity contribution in [2.75, 3.05) is 13.2 Å². The van der Waals surface area contributed by atoms with Crippen LogP contribution in [0.1, 0.15) is 38.8 Å². The Hall–Kier alpha value is -2.82. The Kier molecular flexibility index (Phi) is 5.56. The summed E-state index contributed by atoms with van der Waals surface area (Å²) in [6, 6.07) is 16.1. The van der Waals surface area contributed by atoms with E-state index in [-0.39, 0.29) is 12.1 Å². The first-order valence-electron chi connectivity index (χ1n) is 10.3. The number of hydrogen-bond donors (Lipinski definition) is 0. The molecule has 0 unspecified atom stereocenters. The van der Waals surface area contributed by atoms with Gasteiger partial charge in [-0.25, -0.2) is 9.98 Å². The predicted molar refractivity (Wildman–Crippen MR) is 115 cm³/mol. The lowest BCUT2D eigenvalue weighted by atomic mass is 10.1. The van der Waals surface area contributed by atoms with Gasteiger partial charge in [0.15, 0.2) is 0 Å². The number of ether oxygens (including phenoxy) is 3. The molecule has 2 atom stereocenters. The van der Waals surface area contributed by atoms with Gasteiger partial charge in [-0.1, -0.05) is 52.0 Å². The first kappa shape index (κ1) is 19.5. The van der Waals surface area contributed by atoms with Crippen molar-refractivity contribution < 1.29 is 14.2 Å². The molecule has 2 aliphatic heterocycles. The Morgan fingerprint density at radius 2 is 1.14 bits per heavy atom. The fourth-order valence-corrected chi connectivity index (χ4v) is 3.34. The van der Waals surface area contributed by atoms with Crippen LogP contribution < -0.4 is 4.74 Å². The molecule has 29 heavy (non-hydrogen) atoms. The van der Waals surface area contributed by atoms with Crippen LogP contribution >= 0.6 is 0 Å². The molecular formula is C24H28N2O3. The first-order chi connectivity index (χ1) is 14.0. The average molecular weight is 392 g/mol. The number of nitrogens with zero attached hydrogens (tertiary/aromatic N) is 2. The lowest BCUT2D eigenvalue weighted by molar-refractivity contribution is 0.290. The van der Waals surface area contributed by atoms with E-state index in [1.807, 2.05) is 48.5 Å². The third-order valence-electron chi connectivity index (χ3n) is 5.34. The smallest absolute Gasteiger partial charge is 0.220 e. The molecule has 0 fully saturated rings. The highest BCUT2D eigenvalue weighted by Crippen LogP contribution is 2.32. The van der Waals surface area contributed by atoms with Crippen LogP contribution in [-0.4, -0.2) is 37.1 Å². The van der Waals surface area contributed by atoms with E-state index in [0.29, 0.717) is 48.3 Å². The summed E-state index contributed by atoms with van der Waals surface area (Å²) in [5, 5.41) is 0. The maximum atomic E-state index is 6.34. The minimum absolute atomic E-state index is 0.180. The molecule has 0 aliphatic carbocycles. The van der Waals surface area contributed by atoms with Crippen molar-refractivity contribution in [2.45, 2.75) is 39.8 Å². The molecular weight excluding hydrogens is 364 g/mol. The minimum Gasteiger partial charge on any atom is -0.475 e. The topological polar surface area (TPSA) is 52.4 Å². The van der Waals surface area contributed by atoms with E-state index in [1.54, 1.807) is 0 Å². The Labute approximate surface area is 172 Å². The highest BCUT2D eigenvalue weighted by atomic mass is 16.5. The van der Waals surface area contributed by atoms with Crippen molar-refractivity contribution in [3.05, 3.63) is 59.7 Å². The fourth-order valence-electron chi connectivity index (χ4n) is 3.34. The van der Waals surface area contributed by atoms with Gasteiger partial charge in [-0.2, -0.15) is 0 Å². The second kappa shape index (κ2) is 8.27. The van der Waals surface area contributed by atoms with Crippen molar-refractivity contribution in [3.8, 4) is 11.5 Å². The lowest BCUT2D eigenvalue weighted by Gasteiger charge is -2.13. The molecule has 2 aromatic carbocycles. The number of aliphatic imine (C=N–C) groups is 2. The molecule has 0 saturated heterocycles. The molecule has 0 bridgehead atoms. The Balaban J connectivity index is 1.64. The molecule has 0 aromatic heterocycles. The quantitative estimate of drug-likeness (QED) is 0.689. The Morgan fingerprint density at radius 3 is 1.52 bits per heavy atom. The molecule has 0 spiro atoms. The molecule has 5 nitrogen and oxygen atoms in total. The summed E-state index contributed by atoms with van der Waals surface area (Å²) in [5.41, 5.74) is 1.72. The normalized spacial score (nSPS) is 21.0. The molecule has 0 amide bonds. The maximum absolute atomic E-state index is 6.34. The Morgan fingerprint density at radius 1 is 0.724 bits per heavy atom. The number of hydrogen-bond acceptors (Lipinski definition) is 5. The van der Waals surface area contributed by atoms with Crippen LogP contribution in [0.25, 0.3) is 0 Å². The van der Waals surface area contributed by atoms with E-state index in [0.717, 1.165) is 11.1 Å². The van der Waals surface area contributed by atoms with Gasteiger partial charge in [-0.15, -0.1) is 0 Å². The number of rotatable bonds is 6. The van der Waals surface area contributed by atoms with Crippen LogP contribution in [0.3, 0.4) is 0 Å². The highest BCUT2D eigenvalue weighted by Gasteiger charge is 2.27. The second-order valence-corrected chi connectivity index (χ2v) is 8.21. The van der Waals surface area contributed by atoms with Crippen LogP contribution in [0, 0.1) is 11.8 Å². The van der Waals surface area contributed by atoms with Crippen LogP contribution in [0.15, 0.2) is 58.5 Å². The third kappa shape index (κ3) is 4.14. The summed E-state index contributed by atoms with van der Waals surface area (Å²) in [5.74, 6) is 3.59. The van der Waals surface area contributed by atoms with Gasteiger partial charge in [0.05, 0.1) is 23.2 Å². The largest absolute Gasteiger partial charge is 0.475 e. The molecule has 2 heterocycles. The molecule has 152 valence electrons. The summed E-state index contributed by atoms with van der Waals surface area (Å²) in [4.78, 5) is 9.51. The highest BCUT2D eigenvalue weighted by molar-refractivity contribution is 5.99. The maximum Gasteiger partial charge on any atom is 0.220 e. The monoisotopic (exact) mass is 392 g/mol. The number of para-hydroxylation sites is 2. The standard InChI is InChI=1S/C24H28N2O3/c1-15(2)19-13-27-23(25-19)17-9-5-7-11-21(17)29-22-12-8-6-10-18(22)24-26-20(14-28-24)16(3)4/h5-12,15-16,19-20H,13-14H2,1-4H3/t19-,20-/m1/s1. The molecule has 5 heteroatoms. The van der Waals surface area contributed by atoms with Crippen molar-refractivity contribution in [3.63, 3.8) is 0 Å². The van der Waals surface area contributed by atoms with Gasteiger partial charge in [0.25, 0.3) is 0 Å². The zero-order chi connectivity index (χ0) is 20.4. The molecule has 0 N–H and O–H groups in total. The van der Waals surface area contributed by atoms with Gasteiger partial charge in [-0.05, 0) is 36.1 Å². The third-order valence-corrected chi connectivity index (χ3v) is 5.34. The molecule has 2 aliphatic rings. The van der Waals surface area contributed by atoms with Crippen LogP contribution in [0.4, 0.5) is 0 Å². The predicted octanol–water partition coefficient (Wildman–Crippen LogP) is 5.08. The van der Waals surface area contributed by atoms with Crippen LogP contribution in [0.5, 0.6) is 11.5 Å². The van der Waals surface area contributed by atoms with Gasteiger partial charge in [-0.3, -0.25) is 0 Å². The zero-order valence-corrected chi connectivity index (χ0v) is 17.5. The lowest BCUT2D eigenvalue weighted by Crippen LogP contribution is -2.13. The van der Waals surface area contributed by atoms with Crippen LogP contribution in [-0.2, 0) is 9.47 Å². The van der Waals surface area contributed by atoms with Crippen molar-refractivity contribution in [1.82, 2.24) is 0 Å². The van der Waals surface area contributed by atoms with Gasteiger partial charge in [0.1, 0.15) is 24.7 Å². The molecule has 0 saturated carbocycles. The average Bonchev–Trinajstić information content (AvgIpc) is 3.39. The van der Waals surface area contributed by atoms with E-state index in [9.17, 15) is 0 Å². The fraction of sp³-hybridized carbons (Fsp3) is 0.417. The summed E-state index contributed by atoms with van der Waals surface area (Å²) < 4.78 is 18.1. The molecule has 2 aromatic rings. The minimum atomic E-state index is 0.180. The van der Waals surface area contributed by atoms with Crippen molar-refractivity contribution in [2.24, 2.45) is 21.8 Å². The van der Waals surface area contributed by atoms with E-state index in [1.165, 1.54) is 0 Å². The van der Waals surface area contributed by atoms with Crippen LogP contribution in [0.2, 0.25) is 0 Å². The Bertz CT molecular complexity index is 858.